The lowest BCUT2D eigenvalue weighted by Crippen LogP contribution is -2.29. The van der Waals surface area contributed by atoms with Gasteiger partial charge in [0.15, 0.2) is 0 Å². The van der Waals surface area contributed by atoms with Gasteiger partial charge >= 0.3 is 0 Å². The van der Waals surface area contributed by atoms with Crippen LogP contribution in [0.25, 0.3) is 75.8 Å². The summed E-state index contributed by atoms with van der Waals surface area (Å²) in [5.41, 5.74) is 19.9. The van der Waals surface area contributed by atoms with Crippen LogP contribution in [0.2, 0.25) is 0 Å². The quantitative estimate of drug-likeness (QED) is 0.176. The van der Waals surface area contributed by atoms with Crippen molar-refractivity contribution >= 4 is 48.6 Å². The molecule has 2 aliphatic carbocycles. The van der Waals surface area contributed by atoms with Gasteiger partial charge in [0.05, 0.1) is 5.41 Å². The molecule has 1 aromatic heterocycles. The van der Waals surface area contributed by atoms with Crippen molar-refractivity contribution in [2.45, 2.75) is 5.41 Å². The van der Waals surface area contributed by atoms with Crippen molar-refractivity contribution in [2.75, 3.05) is 4.90 Å². The maximum atomic E-state index is 6.75. The lowest BCUT2D eigenvalue weighted by atomic mass is 9.65. The summed E-state index contributed by atoms with van der Waals surface area (Å²) >= 11 is 1.92. The molecule has 298 valence electrons. The molecule has 0 radical (unpaired) electrons. The second kappa shape index (κ2) is 13.5. The van der Waals surface area contributed by atoms with Crippen LogP contribution in [-0.4, -0.2) is 0 Å². The Balaban J connectivity index is 1.08. The van der Waals surface area contributed by atoms with Crippen LogP contribution in [0.1, 0.15) is 22.3 Å². The van der Waals surface area contributed by atoms with Gasteiger partial charge in [-0.2, -0.15) is 0 Å². The molecule has 0 fully saturated rings. The highest BCUT2D eigenvalue weighted by Gasteiger charge is 2.50. The summed E-state index contributed by atoms with van der Waals surface area (Å²) < 4.78 is 9.41. The van der Waals surface area contributed by atoms with Crippen LogP contribution in [0.4, 0.5) is 17.1 Å². The van der Waals surface area contributed by atoms with Crippen LogP contribution in [0.15, 0.2) is 224 Å². The van der Waals surface area contributed by atoms with E-state index in [0.29, 0.717) is 0 Å². The first-order valence-electron chi connectivity index (χ1n) is 22.0. The Kier molecular flexibility index (Phi) is 7.51. The van der Waals surface area contributed by atoms with Crippen LogP contribution < -0.4 is 9.64 Å². The minimum atomic E-state index is -0.633. The topological polar surface area (TPSA) is 12.5 Å². The van der Waals surface area contributed by atoms with Crippen molar-refractivity contribution in [1.82, 2.24) is 0 Å². The van der Waals surface area contributed by atoms with Gasteiger partial charge in [0, 0.05) is 53.9 Å². The molecule has 0 bridgehead atoms. The summed E-state index contributed by atoms with van der Waals surface area (Å²) in [7, 11) is 0. The van der Waals surface area contributed by atoms with Crippen LogP contribution in [0.3, 0.4) is 0 Å². The number of hydrogen-bond acceptors (Lipinski definition) is 3. The molecule has 11 aromatic rings. The molecule has 0 saturated heterocycles. The van der Waals surface area contributed by atoms with Gasteiger partial charge < -0.3 is 9.64 Å². The molecule has 1 unspecified atom stereocenters. The lowest BCUT2D eigenvalue weighted by molar-refractivity contribution is 0.488. The fourth-order valence-electron chi connectivity index (χ4n) is 11.3. The summed E-state index contributed by atoms with van der Waals surface area (Å²) in [5, 5.41) is 2.63. The van der Waals surface area contributed by atoms with Crippen molar-refractivity contribution in [3.8, 4) is 67.1 Å². The van der Waals surface area contributed by atoms with Crippen LogP contribution >= 0.6 is 11.3 Å². The molecule has 1 aliphatic heterocycles. The number of rotatable bonds is 3. The lowest BCUT2D eigenvalue weighted by Gasteiger charge is -2.36. The standard InChI is InChI=1S/C61H37NOS/c1-2-16-38(17-3-1)62(39-31-35-57-51(36-39)44-21-7-6-20-43(44)47-23-10-14-28-56(47)63-57)40-30-32-46-42-19-5-4-18-41(42)45-22-8-12-26-52(45)61(55(46)37-40)53-27-13-9-25-50(53)59-54(61)34-33-49-48-24-11-15-29-58(48)64-60(49)59/h1-37H. The first kappa shape index (κ1) is 35.6. The van der Waals surface area contributed by atoms with Gasteiger partial charge in [-0.15, -0.1) is 11.3 Å². The van der Waals surface area contributed by atoms with E-state index in [0.717, 1.165) is 50.8 Å². The number of fused-ring (bicyclic) bond motifs is 21. The molecular weight excluding hydrogens is 795 g/mol. The maximum absolute atomic E-state index is 6.75. The summed E-state index contributed by atoms with van der Waals surface area (Å²) in [6.45, 7) is 0. The highest BCUT2D eigenvalue weighted by atomic mass is 32.1. The average Bonchev–Trinajstić information content (AvgIpc) is 3.80. The molecule has 0 amide bonds. The average molecular weight is 832 g/mol. The molecule has 2 nitrogen and oxygen atoms in total. The zero-order valence-electron chi connectivity index (χ0n) is 34.6. The fourth-order valence-corrected chi connectivity index (χ4v) is 12.6. The van der Waals surface area contributed by atoms with Gasteiger partial charge in [-0.05, 0) is 116 Å². The third-order valence-corrected chi connectivity index (χ3v) is 15.1. The molecule has 14 rings (SSSR count). The summed E-state index contributed by atoms with van der Waals surface area (Å²) in [5.74, 6) is 1.71. The maximum Gasteiger partial charge on any atom is 0.135 e. The van der Waals surface area contributed by atoms with Gasteiger partial charge in [0.1, 0.15) is 11.5 Å². The highest BCUT2D eigenvalue weighted by molar-refractivity contribution is 7.26. The molecule has 1 atom stereocenters. The second-order valence-electron chi connectivity index (χ2n) is 17.1. The van der Waals surface area contributed by atoms with Crippen LogP contribution in [-0.2, 0) is 5.41 Å². The number of benzene rings is 10. The van der Waals surface area contributed by atoms with Gasteiger partial charge in [0.25, 0.3) is 0 Å². The largest absolute Gasteiger partial charge is 0.456 e. The zero-order chi connectivity index (χ0) is 41.9. The number of hydrogen-bond donors (Lipinski definition) is 0. The van der Waals surface area contributed by atoms with E-state index < -0.39 is 5.41 Å². The second-order valence-corrected chi connectivity index (χ2v) is 18.1. The number of para-hydroxylation sites is 2. The Morgan fingerprint density at radius 1 is 0.328 bits per heavy atom. The monoisotopic (exact) mass is 831 g/mol. The first-order chi connectivity index (χ1) is 31.8. The Hall–Kier alpha value is -7.98. The van der Waals surface area contributed by atoms with Gasteiger partial charge in [-0.3, -0.25) is 0 Å². The molecular formula is C61H37NOS. The van der Waals surface area contributed by atoms with Crippen LogP contribution in [0, 0.1) is 0 Å². The van der Waals surface area contributed by atoms with E-state index in [9.17, 15) is 0 Å². The van der Waals surface area contributed by atoms with E-state index in [4.69, 9.17) is 4.74 Å². The number of thiophene rings is 1. The van der Waals surface area contributed by atoms with Gasteiger partial charge in [-0.1, -0.05) is 170 Å². The molecule has 2 heterocycles. The predicted molar refractivity (Wildman–Crippen MR) is 267 cm³/mol. The van der Waals surface area contributed by atoms with Crippen molar-refractivity contribution in [1.29, 1.82) is 0 Å². The normalized spacial score (nSPS) is 14.8. The SMILES string of the molecule is c1ccc(N(c2ccc3c(c2)-c2ccccc2-c2ccccc2O3)c2ccc3c(c2)C2(c4ccccc4-c4ccccc4-3)c3ccccc3-c3c2ccc2c3sc3ccccc32)cc1. The van der Waals surface area contributed by atoms with E-state index >= 15 is 0 Å². The van der Waals surface area contributed by atoms with E-state index in [1.54, 1.807) is 0 Å². The smallest absolute Gasteiger partial charge is 0.135 e. The van der Waals surface area contributed by atoms with Gasteiger partial charge in [-0.25, -0.2) is 0 Å². The van der Waals surface area contributed by atoms with Crippen LogP contribution in [0.5, 0.6) is 11.5 Å². The van der Waals surface area contributed by atoms with E-state index in [1.807, 2.05) is 17.4 Å². The van der Waals surface area contributed by atoms with E-state index in [2.05, 4.69) is 223 Å². The third-order valence-electron chi connectivity index (χ3n) is 13.9. The van der Waals surface area contributed by atoms with E-state index in [1.165, 1.54) is 75.8 Å². The van der Waals surface area contributed by atoms with Crippen molar-refractivity contribution < 1.29 is 4.74 Å². The predicted octanol–water partition coefficient (Wildman–Crippen LogP) is 17.0. The Bertz CT molecular complexity index is 3730. The number of anilines is 3. The molecule has 1 spiro atoms. The van der Waals surface area contributed by atoms with Crippen molar-refractivity contribution in [3.63, 3.8) is 0 Å². The summed E-state index contributed by atoms with van der Waals surface area (Å²) in [4.78, 5) is 2.43. The molecule has 3 aliphatic rings. The summed E-state index contributed by atoms with van der Waals surface area (Å²) in [6, 6.07) is 82.9. The molecule has 0 N–H and O–H groups in total. The van der Waals surface area contributed by atoms with Crippen molar-refractivity contribution in [3.05, 3.63) is 247 Å². The van der Waals surface area contributed by atoms with Gasteiger partial charge in [0.2, 0.25) is 0 Å². The third kappa shape index (κ3) is 4.85. The molecule has 64 heavy (non-hydrogen) atoms. The summed E-state index contributed by atoms with van der Waals surface area (Å²) in [6.07, 6.45) is 0. The molecule has 3 heteroatoms. The number of nitrogens with zero attached hydrogens (tertiary/aromatic N) is 1. The first-order valence-corrected chi connectivity index (χ1v) is 22.8. The Morgan fingerprint density at radius 2 is 0.875 bits per heavy atom. The van der Waals surface area contributed by atoms with E-state index in [-0.39, 0.29) is 0 Å². The minimum Gasteiger partial charge on any atom is -0.456 e. The molecule has 0 saturated carbocycles. The highest BCUT2D eigenvalue weighted by Crippen LogP contribution is 2.64. The Labute approximate surface area is 375 Å². The van der Waals surface area contributed by atoms with Crippen molar-refractivity contribution in [2.24, 2.45) is 0 Å². The Morgan fingerprint density at radius 3 is 1.66 bits per heavy atom. The molecule has 10 aromatic carbocycles. The fraction of sp³-hybridized carbons (Fsp3) is 0.0164. The minimum absolute atomic E-state index is 0.633. The zero-order valence-corrected chi connectivity index (χ0v) is 35.4. The number of ether oxygens (including phenoxy) is 1.